The van der Waals surface area contributed by atoms with Gasteiger partial charge in [-0.2, -0.15) is 4.39 Å². The van der Waals surface area contributed by atoms with Crippen LogP contribution in [-0.4, -0.2) is 4.98 Å². The first-order chi connectivity index (χ1) is 8.16. The molecule has 2 rings (SSSR count). The van der Waals surface area contributed by atoms with Gasteiger partial charge in [0, 0.05) is 11.2 Å². The van der Waals surface area contributed by atoms with Crippen LogP contribution in [0.25, 0.3) is 0 Å². The Kier molecular flexibility index (Phi) is 3.54. The van der Waals surface area contributed by atoms with Crippen molar-refractivity contribution in [3.63, 3.8) is 0 Å². The van der Waals surface area contributed by atoms with Gasteiger partial charge in [0.1, 0.15) is 6.61 Å². The van der Waals surface area contributed by atoms with Gasteiger partial charge in [-0.25, -0.2) is 4.39 Å². The van der Waals surface area contributed by atoms with Crippen molar-refractivity contribution < 1.29 is 13.5 Å². The van der Waals surface area contributed by atoms with Gasteiger partial charge < -0.3 is 4.74 Å². The number of hydrogen-bond acceptors (Lipinski definition) is 2. The summed E-state index contributed by atoms with van der Waals surface area (Å²) in [6, 6.07) is 6.97. The van der Waals surface area contributed by atoms with Crippen molar-refractivity contribution in [2.24, 2.45) is 0 Å². The molecule has 0 radical (unpaired) electrons. The number of rotatable bonds is 3. The third-order valence-electron chi connectivity index (χ3n) is 2.07. The van der Waals surface area contributed by atoms with E-state index in [1.165, 1.54) is 18.3 Å². The van der Waals surface area contributed by atoms with Crippen LogP contribution in [0.1, 0.15) is 5.69 Å². The summed E-state index contributed by atoms with van der Waals surface area (Å²) in [5.74, 6) is -2.09. The second kappa shape index (κ2) is 5.10. The first-order valence-electron chi connectivity index (χ1n) is 4.84. The first kappa shape index (κ1) is 11.8. The van der Waals surface area contributed by atoms with Crippen molar-refractivity contribution in [1.29, 1.82) is 0 Å². The molecule has 2 nitrogen and oxygen atoms in total. The summed E-state index contributed by atoms with van der Waals surface area (Å²) < 4.78 is 31.2. The Morgan fingerprint density at radius 3 is 2.82 bits per heavy atom. The van der Waals surface area contributed by atoms with Gasteiger partial charge in [-0.05, 0) is 24.3 Å². The van der Waals surface area contributed by atoms with E-state index in [4.69, 9.17) is 16.3 Å². The lowest BCUT2D eigenvalue weighted by Gasteiger charge is -2.07. The number of halogens is 3. The summed E-state index contributed by atoms with van der Waals surface area (Å²) in [6.45, 7) is 0.0287. The summed E-state index contributed by atoms with van der Waals surface area (Å²) in [5.41, 5.74) is 0.543. The number of ether oxygens (including phenoxy) is 1. The molecule has 1 aromatic carbocycles. The molecule has 0 aliphatic rings. The number of aromatic nitrogens is 1. The van der Waals surface area contributed by atoms with E-state index in [0.717, 1.165) is 6.07 Å². The minimum atomic E-state index is -1.01. The lowest BCUT2D eigenvalue weighted by molar-refractivity contribution is 0.280. The SMILES string of the molecule is Fc1cccc(OCc2cc(Cl)ccn2)c1F. The molecule has 0 saturated heterocycles. The van der Waals surface area contributed by atoms with E-state index in [1.54, 1.807) is 12.1 Å². The summed E-state index contributed by atoms with van der Waals surface area (Å²) in [5, 5.41) is 0.512. The number of benzene rings is 1. The highest BCUT2D eigenvalue weighted by Crippen LogP contribution is 2.20. The van der Waals surface area contributed by atoms with Crippen LogP contribution in [0.5, 0.6) is 5.75 Å². The molecule has 0 atom stereocenters. The molecular formula is C12H8ClF2NO. The monoisotopic (exact) mass is 255 g/mol. The Morgan fingerprint density at radius 2 is 2.06 bits per heavy atom. The van der Waals surface area contributed by atoms with E-state index in [0.29, 0.717) is 10.7 Å². The summed E-state index contributed by atoms with van der Waals surface area (Å²) >= 11 is 5.75. The van der Waals surface area contributed by atoms with Crippen LogP contribution in [0, 0.1) is 11.6 Å². The predicted octanol–water partition coefficient (Wildman–Crippen LogP) is 3.59. The van der Waals surface area contributed by atoms with E-state index in [-0.39, 0.29) is 12.4 Å². The second-order valence-electron chi connectivity index (χ2n) is 3.31. The molecule has 2 aromatic rings. The van der Waals surface area contributed by atoms with Gasteiger partial charge in [0.15, 0.2) is 11.6 Å². The Hall–Kier alpha value is -1.68. The lowest BCUT2D eigenvalue weighted by atomic mass is 10.3. The van der Waals surface area contributed by atoms with Crippen molar-refractivity contribution >= 4 is 11.6 Å². The zero-order valence-corrected chi connectivity index (χ0v) is 9.42. The number of pyridine rings is 1. The van der Waals surface area contributed by atoms with Gasteiger partial charge in [-0.1, -0.05) is 17.7 Å². The van der Waals surface area contributed by atoms with Gasteiger partial charge in [0.25, 0.3) is 0 Å². The highest BCUT2D eigenvalue weighted by atomic mass is 35.5. The molecule has 0 N–H and O–H groups in total. The normalized spacial score (nSPS) is 10.3. The maximum atomic E-state index is 13.2. The van der Waals surface area contributed by atoms with Crippen LogP contribution >= 0.6 is 11.6 Å². The molecule has 0 amide bonds. The van der Waals surface area contributed by atoms with Crippen LogP contribution in [0.3, 0.4) is 0 Å². The molecule has 88 valence electrons. The molecule has 17 heavy (non-hydrogen) atoms. The van der Waals surface area contributed by atoms with Gasteiger partial charge in [0.05, 0.1) is 5.69 Å². The van der Waals surface area contributed by atoms with Crippen molar-refractivity contribution in [2.45, 2.75) is 6.61 Å². The van der Waals surface area contributed by atoms with Crippen molar-refractivity contribution in [3.8, 4) is 5.75 Å². The minimum absolute atomic E-state index is 0.0287. The quantitative estimate of drug-likeness (QED) is 0.836. The zero-order chi connectivity index (χ0) is 12.3. The fourth-order valence-electron chi connectivity index (χ4n) is 1.27. The molecule has 1 aromatic heterocycles. The molecule has 1 heterocycles. The fraction of sp³-hybridized carbons (Fsp3) is 0.0833. The standard InChI is InChI=1S/C12H8ClF2NO/c13-8-4-5-16-9(6-8)7-17-11-3-1-2-10(14)12(11)15/h1-6H,7H2. The van der Waals surface area contributed by atoms with E-state index in [1.807, 2.05) is 0 Å². The third-order valence-corrected chi connectivity index (χ3v) is 2.31. The van der Waals surface area contributed by atoms with Crippen LogP contribution < -0.4 is 4.74 Å². The van der Waals surface area contributed by atoms with Crippen molar-refractivity contribution in [2.75, 3.05) is 0 Å². The average molecular weight is 256 g/mol. The molecule has 5 heteroatoms. The molecular weight excluding hydrogens is 248 g/mol. The molecule has 0 fully saturated rings. The first-order valence-corrected chi connectivity index (χ1v) is 5.22. The second-order valence-corrected chi connectivity index (χ2v) is 3.74. The van der Waals surface area contributed by atoms with Gasteiger partial charge in [-0.15, -0.1) is 0 Å². The van der Waals surface area contributed by atoms with Crippen LogP contribution in [0.15, 0.2) is 36.5 Å². The number of hydrogen-bond donors (Lipinski definition) is 0. The Bertz CT molecular complexity index is 534. The Balaban J connectivity index is 2.10. The van der Waals surface area contributed by atoms with E-state index >= 15 is 0 Å². The highest BCUT2D eigenvalue weighted by molar-refractivity contribution is 6.30. The number of nitrogens with zero attached hydrogens (tertiary/aromatic N) is 1. The van der Waals surface area contributed by atoms with E-state index in [9.17, 15) is 8.78 Å². The molecule has 0 saturated carbocycles. The topological polar surface area (TPSA) is 22.1 Å². The van der Waals surface area contributed by atoms with Crippen molar-refractivity contribution in [1.82, 2.24) is 4.98 Å². The smallest absolute Gasteiger partial charge is 0.200 e. The molecule has 0 aliphatic carbocycles. The highest BCUT2D eigenvalue weighted by Gasteiger charge is 2.08. The van der Waals surface area contributed by atoms with Gasteiger partial charge >= 0.3 is 0 Å². The van der Waals surface area contributed by atoms with Crippen molar-refractivity contribution in [3.05, 3.63) is 58.9 Å². The Morgan fingerprint density at radius 1 is 1.24 bits per heavy atom. The molecule has 0 aliphatic heterocycles. The maximum absolute atomic E-state index is 13.2. The van der Waals surface area contributed by atoms with E-state index in [2.05, 4.69) is 4.98 Å². The van der Waals surface area contributed by atoms with Gasteiger partial charge in [0.2, 0.25) is 5.82 Å². The predicted molar refractivity (Wildman–Crippen MR) is 59.9 cm³/mol. The van der Waals surface area contributed by atoms with Crippen LogP contribution in [0.4, 0.5) is 8.78 Å². The minimum Gasteiger partial charge on any atom is -0.484 e. The average Bonchev–Trinajstić information content (AvgIpc) is 2.31. The molecule has 0 unspecified atom stereocenters. The third kappa shape index (κ3) is 2.91. The zero-order valence-electron chi connectivity index (χ0n) is 8.66. The lowest BCUT2D eigenvalue weighted by Crippen LogP contribution is -2.00. The van der Waals surface area contributed by atoms with E-state index < -0.39 is 11.6 Å². The summed E-state index contributed by atoms with van der Waals surface area (Å²) in [4.78, 5) is 3.98. The fourth-order valence-corrected chi connectivity index (χ4v) is 1.46. The van der Waals surface area contributed by atoms with Crippen LogP contribution in [0.2, 0.25) is 5.02 Å². The maximum Gasteiger partial charge on any atom is 0.200 e. The van der Waals surface area contributed by atoms with Crippen LogP contribution in [-0.2, 0) is 6.61 Å². The Labute approximate surface area is 102 Å². The summed E-state index contributed by atoms with van der Waals surface area (Å²) in [7, 11) is 0. The largest absolute Gasteiger partial charge is 0.484 e. The summed E-state index contributed by atoms with van der Waals surface area (Å²) in [6.07, 6.45) is 1.52. The van der Waals surface area contributed by atoms with Gasteiger partial charge in [-0.3, -0.25) is 4.98 Å². The molecule has 0 bridgehead atoms. The molecule has 0 spiro atoms.